The minimum atomic E-state index is -3.54. The largest absolute Gasteiger partial charge is 0.478 e. The maximum Gasteiger partial charge on any atom is 0.261 e. The summed E-state index contributed by atoms with van der Waals surface area (Å²) in [6.45, 7) is 0.435. The van der Waals surface area contributed by atoms with Crippen molar-refractivity contribution in [2.24, 2.45) is 0 Å². The lowest BCUT2D eigenvalue weighted by molar-refractivity contribution is -0.128. The Hall–Kier alpha value is -1.96. The van der Waals surface area contributed by atoms with Gasteiger partial charge in [-0.05, 0) is 35.9 Å². The monoisotopic (exact) mass is 428 g/mol. The van der Waals surface area contributed by atoms with Gasteiger partial charge in [0.15, 0.2) is 6.10 Å². The van der Waals surface area contributed by atoms with E-state index in [0.29, 0.717) is 28.0 Å². The zero-order valence-corrected chi connectivity index (χ0v) is 16.8. The van der Waals surface area contributed by atoms with Crippen molar-refractivity contribution in [3.63, 3.8) is 0 Å². The Morgan fingerprint density at radius 2 is 1.85 bits per heavy atom. The van der Waals surface area contributed by atoms with E-state index in [0.717, 1.165) is 11.8 Å². The van der Waals surface area contributed by atoms with Crippen LogP contribution in [0.25, 0.3) is 0 Å². The Morgan fingerprint density at radius 3 is 2.52 bits per heavy atom. The summed E-state index contributed by atoms with van der Waals surface area (Å²) in [7, 11) is -3.54. The van der Waals surface area contributed by atoms with Crippen LogP contribution in [-0.2, 0) is 21.4 Å². The molecule has 1 aliphatic heterocycles. The second-order valence-corrected chi connectivity index (χ2v) is 8.97. The molecule has 1 unspecified atom stereocenters. The fourth-order valence-electron chi connectivity index (χ4n) is 2.79. The van der Waals surface area contributed by atoms with E-state index >= 15 is 0 Å². The van der Waals surface area contributed by atoms with Crippen LogP contribution in [0.1, 0.15) is 12.0 Å². The van der Waals surface area contributed by atoms with Gasteiger partial charge in [-0.25, -0.2) is 8.42 Å². The van der Waals surface area contributed by atoms with Crippen LogP contribution in [-0.4, -0.2) is 33.2 Å². The van der Waals surface area contributed by atoms with Crippen molar-refractivity contribution >= 4 is 44.8 Å². The number of benzene rings is 2. The number of carbonyl (C=O) groups excluding carboxylic acids is 1. The molecule has 1 amide bonds. The third-order valence-corrected chi connectivity index (χ3v) is 5.79. The quantitative estimate of drug-likeness (QED) is 0.810. The Morgan fingerprint density at radius 1 is 1.19 bits per heavy atom. The lowest BCUT2D eigenvalue weighted by Crippen LogP contribution is -2.39. The number of rotatable bonds is 4. The summed E-state index contributed by atoms with van der Waals surface area (Å²) in [6, 6.07) is 11.8. The van der Waals surface area contributed by atoms with Crippen LogP contribution in [0.3, 0.4) is 0 Å². The highest BCUT2D eigenvalue weighted by Gasteiger charge is 2.31. The zero-order chi connectivity index (χ0) is 19.6. The number of carbonyl (C=O) groups is 1. The molecule has 3 rings (SSSR count). The minimum absolute atomic E-state index is 0.116. The van der Waals surface area contributed by atoms with Gasteiger partial charge in [-0.1, -0.05) is 35.3 Å². The van der Waals surface area contributed by atoms with Crippen LogP contribution in [0, 0.1) is 0 Å². The first-order valence-electron chi connectivity index (χ1n) is 8.20. The second kappa shape index (κ2) is 7.96. The Kier molecular flexibility index (Phi) is 5.83. The highest BCUT2D eigenvalue weighted by atomic mass is 35.5. The average Bonchev–Trinajstić information content (AvgIpc) is 2.80. The van der Waals surface area contributed by atoms with Gasteiger partial charge in [-0.2, -0.15) is 0 Å². The first kappa shape index (κ1) is 19.8. The molecule has 1 atom stereocenters. The molecule has 9 heteroatoms. The number of ether oxygens (including phenoxy) is 1. The van der Waals surface area contributed by atoms with E-state index in [1.807, 2.05) is 12.1 Å². The Balaban J connectivity index is 1.77. The minimum Gasteiger partial charge on any atom is -0.478 e. The fraction of sp³-hybridized carbons (Fsp3) is 0.278. The molecular weight excluding hydrogens is 411 g/mol. The van der Waals surface area contributed by atoms with Crippen LogP contribution in [0.15, 0.2) is 42.5 Å². The van der Waals surface area contributed by atoms with Crippen molar-refractivity contribution in [1.82, 2.24) is 5.32 Å². The van der Waals surface area contributed by atoms with Gasteiger partial charge < -0.3 is 10.1 Å². The average molecular weight is 429 g/mol. The van der Waals surface area contributed by atoms with Gasteiger partial charge in [0.25, 0.3) is 5.91 Å². The number of hydrogen-bond donors (Lipinski definition) is 1. The first-order chi connectivity index (χ1) is 12.7. The standard InChI is InChI=1S/C18H18Cl2N2O4S/c1-27(24,25)22-9-8-17(26-16-7-6-14(20)10-15(16)22)18(23)21-11-12-2-4-13(19)5-3-12/h2-7,10,17H,8-9,11H2,1H3,(H,21,23). The predicted octanol–water partition coefficient (Wildman–Crippen LogP) is 3.23. The van der Waals surface area contributed by atoms with E-state index in [2.05, 4.69) is 5.32 Å². The van der Waals surface area contributed by atoms with Crippen molar-refractivity contribution < 1.29 is 17.9 Å². The third-order valence-electron chi connectivity index (χ3n) is 4.13. The Labute approximate surface area is 168 Å². The number of halogens is 2. The highest BCUT2D eigenvalue weighted by Crippen LogP contribution is 2.36. The summed E-state index contributed by atoms with van der Waals surface area (Å²) in [5.41, 5.74) is 1.23. The molecule has 0 bridgehead atoms. The lowest BCUT2D eigenvalue weighted by atomic mass is 10.2. The van der Waals surface area contributed by atoms with Crippen molar-refractivity contribution in [2.75, 3.05) is 17.1 Å². The fourth-order valence-corrected chi connectivity index (χ4v) is 4.02. The molecule has 6 nitrogen and oxygen atoms in total. The second-order valence-electron chi connectivity index (χ2n) is 6.19. The van der Waals surface area contributed by atoms with E-state index in [1.165, 1.54) is 10.4 Å². The number of anilines is 1. The smallest absolute Gasteiger partial charge is 0.261 e. The van der Waals surface area contributed by atoms with Crippen molar-refractivity contribution in [2.45, 2.75) is 19.1 Å². The molecule has 0 saturated carbocycles. The van der Waals surface area contributed by atoms with Crippen molar-refractivity contribution in [3.8, 4) is 5.75 Å². The molecule has 2 aromatic rings. The summed E-state index contributed by atoms with van der Waals surface area (Å²) >= 11 is 11.9. The number of nitrogens with zero attached hydrogens (tertiary/aromatic N) is 1. The van der Waals surface area contributed by atoms with Crippen molar-refractivity contribution in [3.05, 3.63) is 58.1 Å². The number of amides is 1. The molecule has 0 fully saturated rings. The molecule has 2 aromatic carbocycles. The van der Waals surface area contributed by atoms with Crippen LogP contribution >= 0.6 is 23.2 Å². The summed E-state index contributed by atoms with van der Waals surface area (Å²) in [5, 5.41) is 3.82. The van der Waals surface area contributed by atoms with Crippen LogP contribution in [0.4, 0.5) is 5.69 Å². The molecule has 1 heterocycles. The van der Waals surface area contributed by atoms with Gasteiger partial charge in [0.05, 0.1) is 11.9 Å². The molecular formula is C18H18Cl2N2O4S. The summed E-state index contributed by atoms with van der Waals surface area (Å²) in [4.78, 5) is 12.6. The molecule has 27 heavy (non-hydrogen) atoms. The molecule has 144 valence electrons. The van der Waals surface area contributed by atoms with Crippen LogP contribution in [0.5, 0.6) is 5.75 Å². The lowest BCUT2D eigenvalue weighted by Gasteiger charge is -2.21. The third kappa shape index (κ3) is 4.86. The number of sulfonamides is 1. The maximum absolute atomic E-state index is 12.6. The normalized spacial score (nSPS) is 16.9. The number of hydrogen-bond acceptors (Lipinski definition) is 4. The van der Waals surface area contributed by atoms with E-state index in [-0.39, 0.29) is 18.9 Å². The van der Waals surface area contributed by atoms with Gasteiger partial charge >= 0.3 is 0 Å². The van der Waals surface area contributed by atoms with Gasteiger partial charge in [0.1, 0.15) is 5.75 Å². The molecule has 1 N–H and O–H groups in total. The van der Waals surface area contributed by atoms with E-state index in [1.54, 1.807) is 24.3 Å². The zero-order valence-electron chi connectivity index (χ0n) is 14.5. The van der Waals surface area contributed by atoms with Gasteiger partial charge in [-0.15, -0.1) is 0 Å². The van der Waals surface area contributed by atoms with Gasteiger partial charge in [0, 0.05) is 29.6 Å². The summed E-state index contributed by atoms with van der Waals surface area (Å²) in [6.07, 6.45) is 0.508. The SMILES string of the molecule is CS(=O)(=O)N1CCC(C(=O)NCc2ccc(Cl)cc2)Oc2ccc(Cl)cc21. The molecule has 0 aliphatic carbocycles. The van der Waals surface area contributed by atoms with E-state index in [4.69, 9.17) is 27.9 Å². The predicted molar refractivity (Wildman–Crippen MR) is 106 cm³/mol. The highest BCUT2D eigenvalue weighted by molar-refractivity contribution is 7.92. The number of nitrogens with one attached hydrogen (secondary N) is 1. The molecule has 0 aromatic heterocycles. The Bertz CT molecular complexity index is 948. The van der Waals surface area contributed by atoms with Gasteiger partial charge in [0.2, 0.25) is 10.0 Å². The molecule has 0 spiro atoms. The molecule has 0 saturated heterocycles. The first-order valence-corrected chi connectivity index (χ1v) is 10.8. The van der Waals surface area contributed by atoms with Gasteiger partial charge in [-0.3, -0.25) is 9.10 Å². The number of fused-ring (bicyclic) bond motifs is 1. The van der Waals surface area contributed by atoms with Crippen molar-refractivity contribution in [1.29, 1.82) is 0 Å². The molecule has 0 radical (unpaired) electrons. The summed E-state index contributed by atoms with van der Waals surface area (Å²) < 4.78 is 31.3. The van der Waals surface area contributed by atoms with Crippen LogP contribution < -0.4 is 14.4 Å². The topological polar surface area (TPSA) is 75.7 Å². The van der Waals surface area contributed by atoms with Crippen LogP contribution in [0.2, 0.25) is 10.0 Å². The maximum atomic E-state index is 12.6. The molecule has 1 aliphatic rings. The van der Waals surface area contributed by atoms with E-state index in [9.17, 15) is 13.2 Å². The summed E-state index contributed by atoms with van der Waals surface area (Å²) in [5.74, 6) is -0.0184. The van der Waals surface area contributed by atoms with E-state index < -0.39 is 16.1 Å².